The average Bonchev–Trinajstić information content (AvgIpc) is 2.44. The summed E-state index contributed by atoms with van der Waals surface area (Å²) in [5.41, 5.74) is 6.05. The fourth-order valence-electron chi connectivity index (χ4n) is 2.98. The zero-order valence-electron chi connectivity index (χ0n) is 12.0. The zero-order chi connectivity index (χ0) is 14.5. The van der Waals surface area contributed by atoms with Crippen LogP contribution < -0.4 is 11.1 Å². The number of anilines is 1. The molecule has 1 aliphatic rings. The first-order chi connectivity index (χ1) is 9.60. The number of halogens is 1. The van der Waals surface area contributed by atoms with Crippen LogP contribution in [0.4, 0.5) is 10.1 Å². The summed E-state index contributed by atoms with van der Waals surface area (Å²) in [5.74, 6) is -0.0811. The molecule has 2 rings (SSSR count). The van der Waals surface area contributed by atoms with Gasteiger partial charge in [-0.25, -0.2) is 4.39 Å². The molecule has 1 aromatic rings. The van der Waals surface area contributed by atoms with Crippen LogP contribution in [0.1, 0.15) is 55.8 Å². The van der Waals surface area contributed by atoms with Crippen molar-refractivity contribution in [2.75, 3.05) is 5.73 Å². The molecule has 0 aliphatic heterocycles. The van der Waals surface area contributed by atoms with E-state index in [1.165, 1.54) is 31.0 Å². The minimum absolute atomic E-state index is 0.0423. The molecule has 0 radical (unpaired) electrons. The minimum atomic E-state index is -0.517. The number of nitrogens with one attached hydrogen (secondary N) is 1. The van der Waals surface area contributed by atoms with Crippen molar-refractivity contribution in [2.45, 2.75) is 51.5 Å². The van der Waals surface area contributed by atoms with E-state index in [1.807, 2.05) is 0 Å². The summed E-state index contributed by atoms with van der Waals surface area (Å²) in [6, 6.07) is 4.26. The number of amides is 1. The maximum absolute atomic E-state index is 13.6. The van der Waals surface area contributed by atoms with Crippen molar-refractivity contribution in [1.29, 1.82) is 0 Å². The van der Waals surface area contributed by atoms with E-state index in [1.54, 1.807) is 0 Å². The Hall–Kier alpha value is -1.58. The zero-order valence-corrected chi connectivity index (χ0v) is 12.0. The summed E-state index contributed by atoms with van der Waals surface area (Å²) in [7, 11) is 0. The summed E-state index contributed by atoms with van der Waals surface area (Å²) in [4.78, 5) is 12.1. The standard InChI is InChI=1S/C16H23FN2O/c1-2-3-11-4-7-13(8-5-11)19-16(20)14-10-12(18)6-9-15(14)17/h6,9-11,13H,2-5,7-8,18H2,1H3,(H,19,20). The number of hydrogen-bond acceptors (Lipinski definition) is 2. The molecule has 110 valence electrons. The quantitative estimate of drug-likeness (QED) is 0.828. The molecule has 0 unspecified atom stereocenters. The van der Waals surface area contributed by atoms with E-state index in [0.717, 1.165) is 31.6 Å². The van der Waals surface area contributed by atoms with E-state index in [2.05, 4.69) is 12.2 Å². The summed E-state index contributed by atoms with van der Waals surface area (Å²) in [5, 5.41) is 2.93. The molecule has 1 saturated carbocycles. The van der Waals surface area contributed by atoms with Gasteiger partial charge in [0.1, 0.15) is 5.82 Å². The second kappa shape index (κ2) is 6.73. The van der Waals surface area contributed by atoms with Gasteiger partial charge in [0, 0.05) is 11.7 Å². The van der Waals surface area contributed by atoms with E-state index >= 15 is 0 Å². The van der Waals surface area contributed by atoms with Crippen LogP contribution in [0.2, 0.25) is 0 Å². The summed E-state index contributed by atoms with van der Waals surface area (Å²) in [6.07, 6.45) is 6.76. The Morgan fingerprint density at radius 3 is 2.70 bits per heavy atom. The normalized spacial score (nSPS) is 22.5. The molecule has 0 saturated heterocycles. The highest BCUT2D eigenvalue weighted by atomic mass is 19.1. The van der Waals surface area contributed by atoms with Crippen LogP contribution >= 0.6 is 0 Å². The Bertz CT molecular complexity index is 468. The second-order valence-corrected chi connectivity index (χ2v) is 5.72. The largest absolute Gasteiger partial charge is 0.399 e. The van der Waals surface area contributed by atoms with E-state index < -0.39 is 5.82 Å². The third kappa shape index (κ3) is 3.71. The van der Waals surface area contributed by atoms with Crippen LogP contribution in [0.15, 0.2) is 18.2 Å². The van der Waals surface area contributed by atoms with E-state index in [-0.39, 0.29) is 17.5 Å². The summed E-state index contributed by atoms with van der Waals surface area (Å²) < 4.78 is 13.6. The fraction of sp³-hybridized carbons (Fsp3) is 0.562. The second-order valence-electron chi connectivity index (χ2n) is 5.72. The lowest BCUT2D eigenvalue weighted by Crippen LogP contribution is -2.38. The Kier molecular flexibility index (Phi) is 4.99. The van der Waals surface area contributed by atoms with Crippen LogP contribution in [0.3, 0.4) is 0 Å². The van der Waals surface area contributed by atoms with Gasteiger partial charge in [0.05, 0.1) is 5.56 Å². The Morgan fingerprint density at radius 1 is 1.35 bits per heavy atom. The third-order valence-corrected chi connectivity index (χ3v) is 4.11. The van der Waals surface area contributed by atoms with E-state index in [9.17, 15) is 9.18 Å². The molecule has 0 atom stereocenters. The van der Waals surface area contributed by atoms with Crippen LogP contribution in [0, 0.1) is 11.7 Å². The molecule has 1 fully saturated rings. The maximum Gasteiger partial charge on any atom is 0.254 e. The van der Waals surface area contributed by atoms with Gasteiger partial charge in [-0.1, -0.05) is 19.8 Å². The van der Waals surface area contributed by atoms with Gasteiger partial charge in [-0.2, -0.15) is 0 Å². The SMILES string of the molecule is CCCC1CCC(NC(=O)c2cc(N)ccc2F)CC1. The smallest absolute Gasteiger partial charge is 0.254 e. The Labute approximate surface area is 119 Å². The molecular formula is C16H23FN2O. The van der Waals surface area contributed by atoms with Crippen molar-refractivity contribution in [3.8, 4) is 0 Å². The van der Waals surface area contributed by atoms with Gasteiger partial charge < -0.3 is 11.1 Å². The first-order valence-corrected chi connectivity index (χ1v) is 7.46. The van der Waals surface area contributed by atoms with Gasteiger partial charge in [-0.3, -0.25) is 4.79 Å². The summed E-state index contributed by atoms with van der Waals surface area (Å²) in [6.45, 7) is 2.20. The molecule has 3 N–H and O–H groups in total. The molecule has 4 heteroatoms. The Morgan fingerprint density at radius 2 is 2.05 bits per heavy atom. The molecule has 0 bridgehead atoms. The molecule has 3 nitrogen and oxygen atoms in total. The predicted octanol–water partition coefficient (Wildman–Crippen LogP) is 3.50. The lowest BCUT2D eigenvalue weighted by molar-refractivity contribution is 0.0917. The summed E-state index contributed by atoms with van der Waals surface area (Å²) >= 11 is 0. The van der Waals surface area contributed by atoms with Crippen molar-refractivity contribution in [3.05, 3.63) is 29.6 Å². The first-order valence-electron chi connectivity index (χ1n) is 7.46. The average molecular weight is 278 g/mol. The van der Waals surface area contributed by atoms with E-state index in [4.69, 9.17) is 5.73 Å². The molecule has 1 aromatic carbocycles. The lowest BCUT2D eigenvalue weighted by atomic mass is 9.83. The van der Waals surface area contributed by atoms with Gasteiger partial charge in [-0.15, -0.1) is 0 Å². The highest BCUT2D eigenvalue weighted by molar-refractivity contribution is 5.95. The predicted molar refractivity (Wildman–Crippen MR) is 78.9 cm³/mol. The van der Waals surface area contributed by atoms with Crippen LogP contribution in [-0.4, -0.2) is 11.9 Å². The maximum atomic E-state index is 13.6. The van der Waals surface area contributed by atoms with Gasteiger partial charge in [0.25, 0.3) is 5.91 Å². The topological polar surface area (TPSA) is 55.1 Å². The van der Waals surface area contributed by atoms with Crippen molar-refractivity contribution < 1.29 is 9.18 Å². The lowest BCUT2D eigenvalue weighted by Gasteiger charge is -2.29. The first kappa shape index (κ1) is 14.8. The van der Waals surface area contributed by atoms with Gasteiger partial charge >= 0.3 is 0 Å². The number of nitrogen functional groups attached to an aromatic ring is 1. The van der Waals surface area contributed by atoms with Gasteiger partial charge in [-0.05, 0) is 49.8 Å². The highest BCUT2D eigenvalue weighted by Gasteiger charge is 2.23. The number of carbonyl (C=O) groups excluding carboxylic acids is 1. The monoisotopic (exact) mass is 278 g/mol. The fourth-order valence-corrected chi connectivity index (χ4v) is 2.98. The third-order valence-electron chi connectivity index (χ3n) is 4.11. The van der Waals surface area contributed by atoms with Crippen LogP contribution in [0.5, 0.6) is 0 Å². The Balaban J connectivity index is 1.91. The molecular weight excluding hydrogens is 255 g/mol. The van der Waals surface area contributed by atoms with Gasteiger partial charge in [0.2, 0.25) is 0 Å². The molecule has 0 spiro atoms. The van der Waals surface area contributed by atoms with Crippen molar-refractivity contribution in [2.24, 2.45) is 5.92 Å². The van der Waals surface area contributed by atoms with Crippen molar-refractivity contribution in [1.82, 2.24) is 5.32 Å². The number of rotatable bonds is 4. The number of hydrogen-bond donors (Lipinski definition) is 2. The van der Waals surface area contributed by atoms with Crippen molar-refractivity contribution in [3.63, 3.8) is 0 Å². The minimum Gasteiger partial charge on any atom is -0.399 e. The molecule has 0 aromatic heterocycles. The number of carbonyl (C=O) groups is 1. The molecule has 0 heterocycles. The molecule has 1 aliphatic carbocycles. The van der Waals surface area contributed by atoms with Crippen LogP contribution in [0.25, 0.3) is 0 Å². The van der Waals surface area contributed by atoms with E-state index in [0.29, 0.717) is 5.69 Å². The van der Waals surface area contributed by atoms with Crippen molar-refractivity contribution >= 4 is 11.6 Å². The van der Waals surface area contributed by atoms with Crippen LogP contribution in [-0.2, 0) is 0 Å². The highest BCUT2D eigenvalue weighted by Crippen LogP contribution is 2.28. The molecule has 1 amide bonds. The number of nitrogens with two attached hydrogens (primary N) is 1. The molecule has 20 heavy (non-hydrogen) atoms. The number of benzene rings is 1. The van der Waals surface area contributed by atoms with Gasteiger partial charge in [0.15, 0.2) is 0 Å².